The largest absolute Gasteiger partial charge is 0.494 e. The van der Waals surface area contributed by atoms with Crippen LogP contribution in [-0.4, -0.2) is 38.1 Å². The SMILES string of the molecule is COc1cnc(-n2cnc(C)n2)c2[nH]cc(C=O)c12. The highest BCUT2D eigenvalue weighted by atomic mass is 16.5. The molecule has 0 aliphatic heterocycles. The van der Waals surface area contributed by atoms with Crippen LogP contribution < -0.4 is 4.74 Å². The second-order valence-corrected chi connectivity index (χ2v) is 4.00. The summed E-state index contributed by atoms with van der Waals surface area (Å²) in [5.41, 5.74) is 1.21. The van der Waals surface area contributed by atoms with E-state index in [1.807, 2.05) is 0 Å². The lowest BCUT2D eigenvalue weighted by molar-refractivity contribution is 0.112. The molecule has 0 spiro atoms. The topological polar surface area (TPSA) is 85.7 Å². The average molecular weight is 257 g/mol. The molecule has 0 bridgehead atoms. The van der Waals surface area contributed by atoms with E-state index in [9.17, 15) is 4.79 Å². The van der Waals surface area contributed by atoms with E-state index in [-0.39, 0.29) is 0 Å². The zero-order valence-corrected chi connectivity index (χ0v) is 10.4. The predicted octanol–water partition coefficient (Wildman–Crippen LogP) is 1.27. The number of rotatable bonds is 3. The molecular formula is C12H11N5O2. The predicted molar refractivity (Wildman–Crippen MR) is 67.7 cm³/mol. The number of ether oxygens (including phenoxy) is 1. The fraction of sp³-hybridized carbons (Fsp3) is 0.167. The first-order valence-electron chi connectivity index (χ1n) is 5.62. The Labute approximate surface area is 108 Å². The number of H-pyrrole nitrogens is 1. The van der Waals surface area contributed by atoms with Crippen LogP contribution in [0, 0.1) is 6.92 Å². The lowest BCUT2D eigenvalue weighted by Gasteiger charge is -2.06. The number of nitrogens with zero attached hydrogens (tertiary/aromatic N) is 4. The summed E-state index contributed by atoms with van der Waals surface area (Å²) in [4.78, 5) is 22.5. The minimum atomic E-state index is 0.521. The van der Waals surface area contributed by atoms with Gasteiger partial charge in [-0.3, -0.25) is 4.79 Å². The monoisotopic (exact) mass is 257 g/mol. The number of hydrogen-bond donors (Lipinski definition) is 1. The third-order valence-corrected chi connectivity index (χ3v) is 2.86. The Morgan fingerprint density at radius 3 is 2.89 bits per heavy atom. The number of aromatic nitrogens is 5. The molecule has 0 radical (unpaired) electrons. The molecule has 3 heterocycles. The summed E-state index contributed by atoms with van der Waals surface area (Å²) >= 11 is 0. The summed E-state index contributed by atoms with van der Waals surface area (Å²) in [6, 6.07) is 0. The number of nitrogens with one attached hydrogen (secondary N) is 1. The Hall–Kier alpha value is -2.70. The van der Waals surface area contributed by atoms with Crippen LogP contribution in [-0.2, 0) is 0 Å². The van der Waals surface area contributed by atoms with Crippen LogP contribution in [0.4, 0.5) is 0 Å². The highest BCUT2D eigenvalue weighted by molar-refractivity contribution is 6.03. The van der Waals surface area contributed by atoms with Crippen molar-refractivity contribution in [1.29, 1.82) is 0 Å². The minimum Gasteiger partial charge on any atom is -0.494 e. The van der Waals surface area contributed by atoms with Gasteiger partial charge in [0.1, 0.15) is 17.9 Å². The van der Waals surface area contributed by atoms with Gasteiger partial charge in [0.25, 0.3) is 0 Å². The van der Waals surface area contributed by atoms with E-state index in [2.05, 4.69) is 20.1 Å². The van der Waals surface area contributed by atoms with E-state index < -0.39 is 0 Å². The molecule has 0 aliphatic rings. The van der Waals surface area contributed by atoms with Crippen LogP contribution >= 0.6 is 0 Å². The molecule has 0 aromatic carbocycles. The molecule has 0 aliphatic carbocycles. The second-order valence-electron chi connectivity index (χ2n) is 4.00. The van der Waals surface area contributed by atoms with Gasteiger partial charge in [0.05, 0.1) is 24.2 Å². The van der Waals surface area contributed by atoms with E-state index in [1.165, 1.54) is 7.11 Å². The quantitative estimate of drug-likeness (QED) is 0.714. The molecule has 96 valence electrons. The number of methoxy groups -OCH3 is 1. The van der Waals surface area contributed by atoms with Crippen LogP contribution in [0.3, 0.4) is 0 Å². The van der Waals surface area contributed by atoms with Crippen molar-refractivity contribution in [2.45, 2.75) is 6.92 Å². The standard InChI is InChI=1S/C12H11N5O2/c1-7-15-6-17(16-7)12-11-10(8(5-18)3-13-11)9(19-2)4-14-12/h3-6,13H,1-2H3. The van der Waals surface area contributed by atoms with Crippen molar-refractivity contribution in [2.75, 3.05) is 7.11 Å². The highest BCUT2D eigenvalue weighted by Crippen LogP contribution is 2.30. The maximum Gasteiger partial charge on any atom is 0.179 e. The summed E-state index contributed by atoms with van der Waals surface area (Å²) in [6.07, 6.45) is 5.54. The first-order chi connectivity index (χ1) is 9.24. The third-order valence-electron chi connectivity index (χ3n) is 2.86. The van der Waals surface area contributed by atoms with Gasteiger partial charge >= 0.3 is 0 Å². The summed E-state index contributed by atoms with van der Waals surface area (Å²) in [7, 11) is 1.54. The maximum atomic E-state index is 11.1. The van der Waals surface area contributed by atoms with Crippen LogP contribution in [0.15, 0.2) is 18.7 Å². The molecule has 3 rings (SSSR count). The smallest absolute Gasteiger partial charge is 0.179 e. The Morgan fingerprint density at radius 2 is 2.26 bits per heavy atom. The lowest BCUT2D eigenvalue weighted by Crippen LogP contribution is -2.00. The van der Waals surface area contributed by atoms with Crippen molar-refractivity contribution >= 4 is 17.2 Å². The van der Waals surface area contributed by atoms with Gasteiger partial charge in [0, 0.05) is 11.8 Å². The Kier molecular flexibility index (Phi) is 2.52. The molecule has 7 heteroatoms. The van der Waals surface area contributed by atoms with Gasteiger partial charge in [-0.2, -0.15) is 5.10 Å². The van der Waals surface area contributed by atoms with E-state index in [1.54, 1.807) is 30.3 Å². The van der Waals surface area contributed by atoms with Crippen molar-refractivity contribution < 1.29 is 9.53 Å². The molecule has 0 unspecified atom stereocenters. The molecule has 0 atom stereocenters. The van der Waals surface area contributed by atoms with Crippen molar-refractivity contribution in [3.05, 3.63) is 30.1 Å². The summed E-state index contributed by atoms with van der Waals surface area (Å²) < 4.78 is 6.80. The zero-order chi connectivity index (χ0) is 13.4. The summed E-state index contributed by atoms with van der Waals surface area (Å²) in [5, 5.41) is 4.91. The summed E-state index contributed by atoms with van der Waals surface area (Å²) in [6.45, 7) is 1.79. The number of carbonyl (C=O) groups is 1. The number of aromatic amines is 1. The van der Waals surface area contributed by atoms with Crippen molar-refractivity contribution in [3.63, 3.8) is 0 Å². The van der Waals surface area contributed by atoms with Crippen LogP contribution in [0.5, 0.6) is 5.75 Å². The van der Waals surface area contributed by atoms with Gasteiger partial charge in [-0.15, -0.1) is 0 Å². The van der Waals surface area contributed by atoms with Gasteiger partial charge in [-0.05, 0) is 6.92 Å². The molecule has 19 heavy (non-hydrogen) atoms. The van der Waals surface area contributed by atoms with Crippen LogP contribution in [0.1, 0.15) is 16.2 Å². The Bertz CT molecular complexity index is 759. The highest BCUT2D eigenvalue weighted by Gasteiger charge is 2.15. The molecule has 3 aromatic heterocycles. The van der Waals surface area contributed by atoms with E-state index >= 15 is 0 Å². The van der Waals surface area contributed by atoms with E-state index in [0.717, 1.165) is 6.29 Å². The molecule has 7 nitrogen and oxygen atoms in total. The molecule has 1 N–H and O–H groups in total. The van der Waals surface area contributed by atoms with Gasteiger partial charge < -0.3 is 9.72 Å². The average Bonchev–Trinajstić information content (AvgIpc) is 3.03. The second kappa shape index (κ2) is 4.20. The first-order valence-corrected chi connectivity index (χ1v) is 5.62. The molecule has 3 aromatic rings. The van der Waals surface area contributed by atoms with Crippen LogP contribution in [0.25, 0.3) is 16.7 Å². The van der Waals surface area contributed by atoms with Crippen molar-refractivity contribution in [2.24, 2.45) is 0 Å². The van der Waals surface area contributed by atoms with E-state index in [0.29, 0.717) is 33.9 Å². The van der Waals surface area contributed by atoms with Crippen molar-refractivity contribution in [1.82, 2.24) is 24.7 Å². The molecule has 0 saturated heterocycles. The lowest BCUT2D eigenvalue weighted by atomic mass is 10.2. The molecule has 0 fully saturated rings. The number of aldehydes is 1. The van der Waals surface area contributed by atoms with E-state index in [4.69, 9.17) is 4.74 Å². The number of pyridine rings is 1. The van der Waals surface area contributed by atoms with Crippen LogP contribution in [0.2, 0.25) is 0 Å². The number of hydrogen-bond acceptors (Lipinski definition) is 5. The summed E-state index contributed by atoms with van der Waals surface area (Å²) in [5.74, 6) is 1.76. The molecule has 0 saturated carbocycles. The Balaban J connectivity index is 2.33. The minimum absolute atomic E-state index is 0.521. The zero-order valence-electron chi connectivity index (χ0n) is 10.4. The number of fused-ring (bicyclic) bond motifs is 1. The van der Waals surface area contributed by atoms with Gasteiger partial charge in [0.2, 0.25) is 0 Å². The van der Waals surface area contributed by atoms with Crippen molar-refractivity contribution in [3.8, 4) is 11.6 Å². The fourth-order valence-corrected chi connectivity index (χ4v) is 2.00. The first kappa shape index (κ1) is 11.4. The number of aryl methyl sites for hydroxylation is 1. The Morgan fingerprint density at radius 1 is 1.42 bits per heavy atom. The molecule has 0 amide bonds. The van der Waals surface area contributed by atoms with Gasteiger partial charge in [0.15, 0.2) is 12.1 Å². The maximum absolute atomic E-state index is 11.1. The normalized spacial score (nSPS) is 10.8. The van der Waals surface area contributed by atoms with Gasteiger partial charge in [-0.25, -0.2) is 14.6 Å². The molecular weight excluding hydrogens is 246 g/mol. The fourth-order valence-electron chi connectivity index (χ4n) is 2.00. The third kappa shape index (κ3) is 1.67. The number of carbonyl (C=O) groups excluding carboxylic acids is 1. The van der Waals surface area contributed by atoms with Gasteiger partial charge in [-0.1, -0.05) is 0 Å².